The SMILES string of the molecule is CC[C@H](C)[C@H](NC(=O)[C@H](CO)CC(=O)[C@H](Cc1ccc(O)cc1)NC(=O)[C@H](CC(=O)O)CC(=O)[C@H](CO)NC(=O)[C@@H](CC(=O)[C@H](Cc1ccccc1)NC(=O)[C@@H](CC(=O)CNC(=O)[C@H](CCC(=O)O)CC(=O)CSCC(=O)CCCN1C(=O)NC(C)(C)C1=O)[C@@H](C)O)[C@@H](C)O)C(=O)C[C@@H](Cc1ccc(O)cc1)C(=O)N[C@@H](CC(C)C)C(=O)C[C@@H](CC(=O)O)C(=O)N[C@H](C)CCCCN. The van der Waals surface area contributed by atoms with Crippen molar-refractivity contribution >= 4 is 129 Å². The lowest BCUT2D eigenvalue weighted by Gasteiger charge is -2.28. The van der Waals surface area contributed by atoms with Gasteiger partial charge in [-0.3, -0.25) is 96.0 Å². The van der Waals surface area contributed by atoms with E-state index >= 15 is 0 Å². The number of aromatic hydroxyl groups is 2. The molecule has 1 aliphatic rings. The first-order valence-electron chi connectivity index (χ1n) is 44.6. The minimum absolute atomic E-state index is 0.0134. The van der Waals surface area contributed by atoms with Gasteiger partial charge in [-0.05, 0) is 145 Å². The van der Waals surface area contributed by atoms with Gasteiger partial charge in [-0.2, -0.15) is 0 Å². The first kappa shape index (κ1) is 114. The summed E-state index contributed by atoms with van der Waals surface area (Å²) in [6.07, 6.45) is -10.2. The molecule has 0 unspecified atom stereocenters. The minimum Gasteiger partial charge on any atom is -0.508 e. The number of ketones is 8. The van der Waals surface area contributed by atoms with Gasteiger partial charge in [0.15, 0.2) is 34.7 Å². The number of carbonyl (C=O) groups is 20. The highest BCUT2D eigenvalue weighted by molar-refractivity contribution is 8.00. The molecule has 0 bridgehead atoms. The topological polar surface area (TPSA) is 649 Å². The van der Waals surface area contributed by atoms with Crippen LogP contribution in [0.5, 0.6) is 11.5 Å². The maximum Gasteiger partial charge on any atom is 0.325 e. The molecule has 0 spiro atoms. The normalized spacial score (nSPS) is 16.0. The molecule has 0 saturated carbocycles. The number of urea groups is 1. The number of rotatable bonds is 67. The lowest BCUT2D eigenvalue weighted by Crippen LogP contribution is -2.52. The highest BCUT2D eigenvalue weighted by atomic mass is 32.2. The van der Waals surface area contributed by atoms with Crippen LogP contribution in [0.15, 0.2) is 78.9 Å². The molecule has 0 radical (unpaired) electrons. The summed E-state index contributed by atoms with van der Waals surface area (Å²) >= 11 is 0.927. The van der Waals surface area contributed by atoms with Crippen LogP contribution < -0.4 is 48.3 Å². The number of hydrogen-bond acceptors (Lipinski definition) is 28. The molecule has 4 rings (SSSR count). The van der Waals surface area contributed by atoms with E-state index < -0.39 is 303 Å². The number of thioether (sulfide) groups is 1. The van der Waals surface area contributed by atoms with E-state index in [9.17, 15) is 142 Å². The maximum absolute atomic E-state index is 14.9. The molecular weight excluding hydrogens is 1750 g/mol. The quantitative estimate of drug-likeness (QED) is 0.0285. The van der Waals surface area contributed by atoms with Crippen molar-refractivity contribution in [2.45, 2.75) is 251 Å². The molecule has 1 fully saturated rings. The molecule has 0 aliphatic carbocycles. The number of phenols is 2. The highest BCUT2D eigenvalue weighted by Crippen LogP contribution is 2.27. The Morgan fingerprint density at radius 2 is 0.917 bits per heavy atom. The lowest BCUT2D eigenvalue weighted by atomic mass is 9.85. The van der Waals surface area contributed by atoms with Gasteiger partial charge >= 0.3 is 23.9 Å². The molecule has 133 heavy (non-hydrogen) atoms. The van der Waals surface area contributed by atoms with Crippen LogP contribution in [0.4, 0.5) is 4.79 Å². The van der Waals surface area contributed by atoms with E-state index in [1.54, 1.807) is 65.0 Å². The molecule has 10 amide bonds. The zero-order chi connectivity index (χ0) is 99.7. The van der Waals surface area contributed by atoms with Crippen LogP contribution in [-0.4, -0.2) is 267 Å². The molecule has 3 aromatic carbocycles. The molecule has 3 aromatic rings. The van der Waals surface area contributed by atoms with Crippen molar-refractivity contribution < 1.29 is 142 Å². The molecule has 734 valence electrons. The van der Waals surface area contributed by atoms with Gasteiger partial charge in [-0.25, -0.2) is 4.79 Å². The second kappa shape index (κ2) is 57.1. The summed E-state index contributed by atoms with van der Waals surface area (Å²) < 4.78 is 0. The van der Waals surface area contributed by atoms with Gasteiger partial charge in [0.2, 0.25) is 41.4 Å². The molecule has 40 heteroatoms. The Morgan fingerprint density at radius 3 is 1.42 bits per heavy atom. The number of benzene rings is 3. The first-order valence-corrected chi connectivity index (χ1v) is 45.8. The Kier molecular flexibility index (Phi) is 48.8. The lowest BCUT2D eigenvalue weighted by molar-refractivity contribution is -0.143. The zero-order valence-corrected chi connectivity index (χ0v) is 77.6. The number of carboxylic acids is 3. The number of imide groups is 1. The standard InChI is InChI=1S/C93H132N10O29S/c1-10-52(4)83(79(117)40-60(34-57-21-26-64(108)27-22-57)86(126)97-71(33-51(2)3)75(113)38-61(42-81(120)121)85(125)96-53(5)17-14-15-31-94)101-88(128)63(47-104)41-76(114)72(36-58-23-28-65(109)29-24-58)98-87(127)62(43-82(122)123)39-77(115)74(48-105)100-90(130)70(55(7)107)45-78(116)73(35-56-18-12-11-13-19-56)99-89(129)69(54(6)106)44-67(111)46-95-84(124)59(25-30-80(118)119)37-68(112)50-133-49-66(110)20-16-32-103-91(131)93(8,9)102-92(103)132/h11-13,18-19,21-24,26-29,51-55,59-63,69-74,83,104-109H,10,14-17,20,25,30-50,94H2,1-9H3,(H,95,124)(H,96,125)(H,97,126)(H,98,127)(H,99,129)(H,100,130)(H,101,128)(H,102,132)(H,118,119)(H,120,121)(H,122,123)/t52-,53+,54+,55+,59+,60+,61-,62-,63-,69-,70-,71-,72-,73-,74-,83-/m0/s1. The van der Waals surface area contributed by atoms with E-state index in [1.165, 1.54) is 62.4 Å². The summed E-state index contributed by atoms with van der Waals surface area (Å²) in [6, 6.07) is 9.77. The number of hydrogen-bond donors (Lipinski definition) is 18. The summed E-state index contributed by atoms with van der Waals surface area (Å²) in [6.45, 7) is 11.2. The zero-order valence-electron chi connectivity index (χ0n) is 76.7. The summed E-state index contributed by atoms with van der Waals surface area (Å²) in [7, 11) is 0. The van der Waals surface area contributed by atoms with Crippen molar-refractivity contribution in [1.29, 1.82) is 0 Å². The average Bonchev–Trinajstić information content (AvgIpc) is 1.65. The Hall–Kier alpha value is -11.6. The molecule has 1 heterocycles. The smallest absolute Gasteiger partial charge is 0.325 e. The van der Waals surface area contributed by atoms with Crippen LogP contribution in [0.1, 0.15) is 195 Å². The van der Waals surface area contributed by atoms with E-state index in [-0.39, 0.29) is 91.8 Å². The van der Waals surface area contributed by atoms with Crippen LogP contribution in [0, 0.1) is 53.3 Å². The number of nitrogens with one attached hydrogen (secondary N) is 8. The summed E-state index contributed by atoms with van der Waals surface area (Å²) in [5.74, 6) is -30.8. The third-order valence-corrected chi connectivity index (χ3v) is 24.0. The molecule has 19 N–H and O–H groups in total. The van der Waals surface area contributed by atoms with E-state index in [1.807, 2.05) is 0 Å². The Labute approximate surface area is 776 Å². The van der Waals surface area contributed by atoms with Gasteiger partial charge in [0, 0.05) is 82.2 Å². The number of nitrogens with two attached hydrogens (primary N) is 1. The Balaban J connectivity index is 1.52. The number of amides is 10. The van der Waals surface area contributed by atoms with Crippen LogP contribution >= 0.6 is 11.8 Å². The van der Waals surface area contributed by atoms with Gasteiger partial charge in [0.05, 0.1) is 110 Å². The fourth-order valence-electron chi connectivity index (χ4n) is 15.0. The molecular formula is C93H132N10O29S. The summed E-state index contributed by atoms with van der Waals surface area (Å²) in [5.41, 5.74) is 5.67. The van der Waals surface area contributed by atoms with Crippen LogP contribution in [0.2, 0.25) is 0 Å². The Bertz CT molecular complexity index is 4510. The maximum atomic E-state index is 14.9. The highest BCUT2D eigenvalue weighted by Gasteiger charge is 2.45. The average molecular weight is 1890 g/mol. The molecule has 16 atom stereocenters. The van der Waals surface area contributed by atoms with E-state index in [2.05, 4.69) is 42.5 Å². The molecule has 1 aliphatic heterocycles. The second-order valence-electron chi connectivity index (χ2n) is 35.2. The van der Waals surface area contributed by atoms with Gasteiger partial charge in [-0.15, -0.1) is 11.8 Å². The van der Waals surface area contributed by atoms with Gasteiger partial charge < -0.3 is 94.2 Å². The fourth-order valence-corrected chi connectivity index (χ4v) is 15.8. The van der Waals surface area contributed by atoms with Gasteiger partial charge in [-0.1, -0.05) is 95.1 Å². The fraction of sp³-hybridized carbons (Fsp3) is 0.591. The number of carbonyl (C=O) groups excluding carboxylic acids is 17. The molecule has 1 saturated heterocycles. The van der Waals surface area contributed by atoms with Gasteiger partial charge in [0.25, 0.3) is 5.91 Å². The third-order valence-electron chi connectivity index (χ3n) is 23.0. The number of Topliss-reactive ketones (excluding diaryl/α,β-unsaturated/α-hetero) is 8. The van der Waals surface area contributed by atoms with E-state index in [0.717, 1.165) is 30.5 Å². The van der Waals surface area contributed by atoms with Crippen molar-refractivity contribution in [3.8, 4) is 11.5 Å². The van der Waals surface area contributed by atoms with Crippen molar-refractivity contribution in [1.82, 2.24) is 47.4 Å². The van der Waals surface area contributed by atoms with Crippen molar-refractivity contribution in [2.24, 2.45) is 59.0 Å². The van der Waals surface area contributed by atoms with E-state index in [4.69, 9.17) is 5.73 Å². The van der Waals surface area contributed by atoms with Crippen molar-refractivity contribution in [3.05, 3.63) is 95.6 Å². The second-order valence-corrected chi connectivity index (χ2v) is 36.2. The number of unbranched alkanes of at least 4 members (excludes halogenated alkanes) is 1. The number of nitrogens with zero attached hydrogens (tertiary/aromatic N) is 1. The van der Waals surface area contributed by atoms with Crippen molar-refractivity contribution in [3.63, 3.8) is 0 Å². The number of aliphatic hydroxyl groups is 4. The predicted molar refractivity (Wildman–Crippen MR) is 482 cm³/mol. The number of aliphatic carboxylic acids is 3. The van der Waals surface area contributed by atoms with Crippen LogP contribution in [0.3, 0.4) is 0 Å². The number of carboxylic acid groups (broad SMARTS) is 3. The number of aliphatic hydroxyl groups excluding tert-OH is 4. The summed E-state index contributed by atoms with van der Waals surface area (Å²) in [5, 5.41) is 114. The largest absolute Gasteiger partial charge is 0.508 e. The summed E-state index contributed by atoms with van der Waals surface area (Å²) in [4.78, 5) is 273. The van der Waals surface area contributed by atoms with Crippen LogP contribution in [-0.2, 0) is 110 Å². The minimum atomic E-state index is -2.00. The molecule has 0 aromatic heterocycles. The first-order chi connectivity index (χ1) is 62.6. The van der Waals surface area contributed by atoms with E-state index in [0.29, 0.717) is 36.9 Å². The molecule has 39 nitrogen and oxygen atoms in total. The monoisotopic (exact) mass is 1880 g/mol. The third kappa shape index (κ3) is 40.4. The van der Waals surface area contributed by atoms with Gasteiger partial charge in [0.1, 0.15) is 34.6 Å². The van der Waals surface area contributed by atoms with Crippen LogP contribution in [0.25, 0.3) is 0 Å². The Morgan fingerprint density at radius 1 is 0.451 bits per heavy atom. The number of phenolic OH excluding ortho intramolecular Hbond substituents is 2. The van der Waals surface area contributed by atoms with Crippen molar-refractivity contribution in [2.75, 3.05) is 44.4 Å². The predicted octanol–water partition coefficient (Wildman–Crippen LogP) is 2.39.